The Morgan fingerprint density at radius 1 is 1.38 bits per heavy atom. The molecule has 0 saturated heterocycles. The molecule has 0 aliphatic heterocycles. The van der Waals surface area contributed by atoms with Gasteiger partial charge in [-0.15, -0.1) is 0 Å². The summed E-state index contributed by atoms with van der Waals surface area (Å²) in [7, 11) is 1.90. The summed E-state index contributed by atoms with van der Waals surface area (Å²) in [4.78, 5) is 13.8. The van der Waals surface area contributed by atoms with Gasteiger partial charge < -0.3 is 10.6 Å². The van der Waals surface area contributed by atoms with Gasteiger partial charge in [0, 0.05) is 25.4 Å². The molecule has 0 aromatic carbocycles. The van der Waals surface area contributed by atoms with Gasteiger partial charge in [0.05, 0.1) is 0 Å². The van der Waals surface area contributed by atoms with E-state index in [9.17, 15) is 4.79 Å². The summed E-state index contributed by atoms with van der Waals surface area (Å²) in [5.41, 5.74) is 6.22. The van der Waals surface area contributed by atoms with Crippen LogP contribution in [0.4, 0.5) is 0 Å². The Bertz CT molecular complexity index is 251. The predicted molar refractivity (Wildman–Crippen MR) is 67.0 cm³/mol. The second-order valence-electron chi connectivity index (χ2n) is 6.51. The van der Waals surface area contributed by atoms with E-state index in [0.29, 0.717) is 13.0 Å². The average Bonchev–Trinajstić information content (AvgIpc) is 2.93. The standard InChI is InChI=1S/C13H26N2O/c1-12(2,3)6-5-11(16)15(4)10-13(9-14)7-8-13/h5-10,14H2,1-4H3. The normalized spacial score (nSPS) is 18.3. The molecule has 0 bridgehead atoms. The van der Waals surface area contributed by atoms with Crippen LogP contribution in [-0.4, -0.2) is 30.9 Å². The maximum absolute atomic E-state index is 11.9. The fourth-order valence-electron chi connectivity index (χ4n) is 1.87. The van der Waals surface area contributed by atoms with Gasteiger partial charge >= 0.3 is 0 Å². The number of carbonyl (C=O) groups is 1. The van der Waals surface area contributed by atoms with Crippen LogP contribution in [0.3, 0.4) is 0 Å². The largest absolute Gasteiger partial charge is 0.345 e. The molecule has 1 amide bonds. The molecule has 1 aliphatic carbocycles. The van der Waals surface area contributed by atoms with Gasteiger partial charge in [0.25, 0.3) is 0 Å². The molecule has 2 N–H and O–H groups in total. The highest BCUT2D eigenvalue weighted by Gasteiger charge is 2.42. The Labute approximate surface area is 99.4 Å². The van der Waals surface area contributed by atoms with E-state index in [1.54, 1.807) is 0 Å². The molecule has 0 atom stereocenters. The first-order chi connectivity index (χ1) is 7.28. The van der Waals surface area contributed by atoms with Gasteiger partial charge in [-0.25, -0.2) is 0 Å². The van der Waals surface area contributed by atoms with Gasteiger partial charge in [-0.3, -0.25) is 4.79 Å². The van der Waals surface area contributed by atoms with Crippen molar-refractivity contribution in [2.45, 2.75) is 46.5 Å². The lowest BCUT2D eigenvalue weighted by Gasteiger charge is -2.24. The number of nitrogens with zero attached hydrogens (tertiary/aromatic N) is 1. The van der Waals surface area contributed by atoms with Crippen molar-refractivity contribution < 1.29 is 4.79 Å². The lowest BCUT2D eigenvalue weighted by molar-refractivity contribution is -0.131. The molecule has 1 saturated carbocycles. The molecular formula is C13H26N2O. The molecule has 16 heavy (non-hydrogen) atoms. The van der Waals surface area contributed by atoms with Gasteiger partial charge in [-0.05, 0) is 31.2 Å². The third-order valence-corrected chi connectivity index (χ3v) is 3.48. The monoisotopic (exact) mass is 226 g/mol. The molecule has 1 fully saturated rings. The molecule has 0 unspecified atom stereocenters. The van der Waals surface area contributed by atoms with Crippen LogP contribution >= 0.6 is 0 Å². The summed E-state index contributed by atoms with van der Waals surface area (Å²) < 4.78 is 0. The van der Waals surface area contributed by atoms with Crippen molar-refractivity contribution in [2.75, 3.05) is 20.1 Å². The molecule has 0 radical (unpaired) electrons. The third-order valence-electron chi connectivity index (χ3n) is 3.48. The zero-order valence-corrected chi connectivity index (χ0v) is 11.2. The lowest BCUT2D eigenvalue weighted by atomic mass is 9.90. The zero-order valence-electron chi connectivity index (χ0n) is 11.2. The minimum atomic E-state index is 0.238. The summed E-state index contributed by atoms with van der Waals surface area (Å²) in [6, 6.07) is 0. The van der Waals surface area contributed by atoms with Crippen molar-refractivity contribution in [1.29, 1.82) is 0 Å². The number of amides is 1. The van der Waals surface area contributed by atoms with Gasteiger partial charge in [-0.2, -0.15) is 0 Å². The first-order valence-electron chi connectivity index (χ1n) is 6.22. The number of rotatable bonds is 5. The molecule has 1 aliphatic rings. The van der Waals surface area contributed by atoms with Gasteiger partial charge in [-0.1, -0.05) is 20.8 Å². The summed E-state index contributed by atoms with van der Waals surface area (Å²) >= 11 is 0. The van der Waals surface area contributed by atoms with Crippen molar-refractivity contribution >= 4 is 5.91 Å². The highest BCUT2D eigenvalue weighted by molar-refractivity contribution is 5.76. The van der Waals surface area contributed by atoms with E-state index in [1.165, 1.54) is 12.8 Å². The molecule has 3 nitrogen and oxygen atoms in total. The molecule has 1 rings (SSSR count). The minimum absolute atomic E-state index is 0.238. The Morgan fingerprint density at radius 3 is 2.31 bits per heavy atom. The van der Waals surface area contributed by atoms with E-state index in [2.05, 4.69) is 20.8 Å². The molecular weight excluding hydrogens is 200 g/mol. The Kier molecular flexibility index (Phi) is 4.00. The Morgan fingerprint density at radius 2 is 1.94 bits per heavy atom. The van der Waals surface area contributed by atoms with Crippen molar-refractivity contribution in [2.24, 2.45) is 16.6 Å². The fraction of sp³-hybridized carbons (Fsp3) is 0.923. The summed E-state index contributed by atoms with van der Waals surface area (Å²) in [5.74, 6) is 0.259. The SMILES string of the molecule is CN(CC1(CN)CC1)C(=O)CCC(C)(C)C. The number of hydrogen-bond acceptors (Lipinski definition) is 2. The van der Waals surface area contributed by atoms with Crippen molar-refractivity contribution in [3.8, 4) is 0 Å². The molecule has 0 heterocycles. The second kappa shape index (κ2) is 4.74. The van der Waals surface area contributed by atoms with Crippen molar-refractivity contribution in [3.05, 3.63) is 0 Å². The topological polar surface area (TPSA) is 46.3 Å². The smallest absolute Gasteiger partial charge is 0.222 e. The molecule has 3 heteroatoms. The molecule has 0 spiro atoms. The van der Waals surface area contributed by atoms with E-state index in [4.69, 9.17) is 5.73 Å². The average molecular weight is 226 g/mol. The second-order valence-corrected chi connectivity index (χ2v) is 6.51. The van der Waals surface area contributed by atoms with E-state index < -0.39 is 0 Å². The maximum Gasteiger partial charge on any atom is 0.222 e. The highest BCUT2D eigenvalue weighted by atomic mass is 16.2. The number of nitrogens with two attached hydrogens (primary N) is 1. The van der Waals surface area contributed by atoms with Crippen molar-refractivity contribution in [3.63, 3.8) is 0 Å². The van der Waals surface area contributed by atoms with Crippen LogP contribution in [0, 0.1) is 10.8 Å². The van der Waals surface area contributed by atoms with E-state index in [-0.39, 0.29) is 16.7 Å². The van der Waals surface area contributed by atoms with Crippen LogP contribution < -0.4 is 5.73 Å². The Hall–Kier alpha value is -0.570. The molecule has 0 aromatic rings. The number of hydrogen-bond donors (Lipinski definition) is 1. The van der Waals surface area contributed by atoms with Crippen LogP contribution in [0.1, 0.15) is 46.5 Å². The van der Waals surface area contributed by atoms with Crippen LogP contribution in [0.15, 0.2) is 0 Å². The van der Waals surface area contributed by atoms with Crippen molar-refractivity contribution in [1.82, 2.24) is 4.90 Å². The highest BCUT2D eigenvalue weighted by Crippen LogP contribution is 2.44. The van der Waals surface area contributed by atoms with Crippen LogP contribution in [-0.2, 0) is 4.79 Å². The van der Waals surface area contributed by atoms with Gasteiger partial charge in [0.15, 0.2) is 0 Å². The quantitative estimate of drug-likeness (QED) is 0.779. The Balaban J connectivity index is 2.31. The predicted octanol–water partition coefficient (Wildman–Crippen LogP) is 2.01. The summed E-state index contributed by atoms with van der Waals surface area (Å²) in [5, 5.41) is 0. The number of carbonyl (C=O) groups excluding carboxylic acids is 1. The van der Waals surface area contributed by atoms with E-state index >= 15 is 0 Å². The maximum atomic E-state index is 11.9. The van der Waals surface area contributed by atoms with Gasteiger partial charge in [0.2, 0.25) is 5.91 Å². The van der Waals surface area contributed by atoms with Crippen LogP contribution in [0.5, 0.6) is 0 Å². The summed E-state index contributed by atoms with van der Waals surface area (Å²) in [6.45, 7) is 8.06. The zero-order chi connectivity index (χ0) is 12.4. The van der Waals surface area contributed by atoms with Gasteiger partial charge in [0.1, 0.15) is 0 Å². The third kappa shape index (κ3) is 4.12. The lowest BCUT2D eigenvalue weighted by Crippen LogP contribution is -2.36. The first-order valence-corrected chi connectivity index (χ1v) is 6.22. The van der Waals surface area contributed by atoms with Crippen LogP contribution in [0.2, 0.25) is 0 Å². The fourth-order valence-corrected chi connectivity index (χ4v) is 1.87. The first kappa shape index (κ1) is 13.5. The van der Waals surface area contributed by atoms with E-state index in [1.807, 2.05) is 11.9 Å². The van der Waals surface area contributed by atoms with Crippen LogP contribution in [0.25, 0.3) is 0 Å². The minimum Gasteiger partial charge on any atom is -0.345 e. The summed E-state index contributed by atoms with van der Waals surface area (Å²) in [6.07, 6.45) is 3.97. The molecule has 0 aromatic heterocycles. The van der Waals surface area contributed by atoms with E-state index in [0.717, 1.165) is 13.0 Å². The molecule has 94 valence electrons.